The molecule has 5 aromatic carbocycles. The first kappa shape index (κ1) is 17.8. The van der Waals surface area contributed by atoms with Gasteiger partial charge >= 0.3 is 0 Å². The van der Waals surface area contributed by atoms with Crippen LogP contribution in [0.5, 0.6) is 0 Å². The molecule has 0 unspecified atom stereocenters. The van der Waals surface area contributed by atoms with Crippen LogP contribution < -0.4 is 0 Å². The second-order valence-electron chi connectivity index (χ2n) is 8.34. The topological polar surface area (TPSA) is 4.93 Å². The van der Waals surface area contributed by atoms with E-state index < -0.39 is 0 Å². The maximum atomic E-state index is 6.14. The number of para-hydroxylation sites is 3. The van der Waals surface area contributed by atoms with E-state index in [-0.39, 0.29) is 0 Å². The molecule has 150 valence electrons. The van der Waals surface area contributed by atoms with Crippen molar-refractivity contribution in [3.8, 4) is 39.1 Å². The molecule has 32 heavy (non-hydrogen) atoms. The zero-order valence-electron chi connectivity index (χ0n) is 17.2. The second-order valence-corrected chi connectivity index (χ2v) is 8.78. The summed E-state index contributed by atoms with van der Waals surface area (Å²) >= 11 is 6.14. The van der Waals surface area contributed by atoms with Crippen LogP contribution in [0.4, 0.5) is 0 Å². The molecule has 0 bridgehead atoms. The highest BCUT2D eigenvalue weighted by molar-refractivity contribution is 6.30. The summed E-state index contributed by atoms with van der Waals surface area (Å²) in [5, 5.41) is 3.33. The fourth-order valence-electron chi connectivity index (χ4n) is 5.21. The van der Waals surface area contributed by atoms with Crippen molar-refractivity contribution in [1.82, 2.24) is 4.57 Å². The summed E-state index contributed by atoms with van der Waals surface area (Å²) < 4.78 is 2.44. The Morgan fingerprint density at radius 3 is 2.12 bits per heavy atom. The fourth-order valence-corrected chi connectivity index (χ4v) is 5.33. The van der Waals surface area contributed by atoms with Crippen molar-refractivity contribution >= 4 is 33.4 Å². The summed E-state index contributed by atoms with van der Waals surface area (Å²) in [4.78, 5) is 0. The Balaban J connectivity index is 1.65. The van der Waals surface area contributed by atoms with Gasteiger partial charge < -0.3 is 4.57 Å². The molecule has 0 saturated heterocycles. The molecule has 1 nitrogen and oxygen atoms in total. The van der Waals surface area contributed by atoms with E-state index in [1.807, 2.05) is 12.1 Å². The lowest BCUT2D eigenvalue weighted by molar-refractivity contribution is 1.19. The number of hydrogen-bond donors (Lipinski definition) is 0. The van der Waals surface area contributed by atoms with E-state index >= 15 is 0 Å². The lowest BCUT2D eigenvalue weighted by Gasteiger charge is -2.13. The van der Waals surface area contributed by atoms with Gasteiger partial charge in [0.2, 0.25) is 0 Å². The van der Waals surface area contributed by atoms with Crippen LogP contribution in [-0.2, 0) is 0 Å². The van der Waals surface area contributed by atoms with Crippen LogP contribution in [0, 0.1) is 0 Å². The standard InChI is InChI=1S/C30H18ClN/c31-21-15-12-19(13-16-21)20-14-17-22-23-6-1-3-10-28(23)32-29-11-4-2-7-24(29)25-8-5-9-26(30(25)32)27(22)18-20/h1-18H. The Labute approximate surface area is 191 Å². The van der Waals surface area contributed by atoms with E-state index in [4.69, 9.17) is 11.6 Å². The van der Waals surface area contributed by atoms with Gasteiger partial charge in [0.05, 0.1) is 16.7 Å². The number of fused-ring (bicyclic) bond motifs is 8. The molecule has 0 aliphatic carbocycles. The van der Waals surface area contributed by atoms with E-state index in [1.165, 1.54) is 60.9 Å². The molecule has 2 heterocycles. The highest BCUT2D eigenvalue weighted by atomic mass is 35.5. The van der Waals surface area contributed by atoms with Gasteiger partial charge in [0, 0.05) is 26.9 Å². The first-order valence-corrected chi connectivity index (χ1v) is 11.2. The molecule has 1 aliphatic heterocycles. The average molecular weight is 428 g/mol. The minimum Gasteiger partial charge on any atom is -0.308 e. The van der Waals surface area contributed by atoms with Gasteiger partial charge in [-0.1, -0.05) is 90.5 Å². The van der Waals surface area contributed by atoms with E-state index in [9.17, 15) is 0 Å². The van der Waals surface area contributed by atoms with Crippen molar-refractivity contribution in [1.29, 1.82) is 0 Å². The van der Waals surface area contributed by atoms with Crippen molar-refractivity contribution in [2.24, 2.45) is 0 Å². The highest BCUT2D eigenvalue weighted by Gasteiger charge is 2.24. The summed E-state index contributed by atoms with van der Waals surface area (Å²) in [6.07, 6.45) is 0. The van der Waals surface area contributed by atoms with E-state index in [1.54, 1.807) is 0 Å². The normalized spacial score (nSPS) is 11.9. The van der Waals surface area contributed by atoms with Gasteiger partial charge in [0.1, 0.15) is 0 Å². The zero-order chi connectivity index (χ0) is 21.2. The van der Waals surface area contributed by atoms with Crippen molar-refractivity contribution < 1.29 is 0 Å². The van der Waals surface area contributed by atoms with E-state index in [0.717, 1.165) is 5.02 Å². The lowest BCUT2D eigenvalue weighted by Crippen LogP contribution is -1.95. The predicted octanol–water partition coefficient (Wildman–Crippen LogP) is 8.75. The Morgan fingerprint density at radius 2 is 1.22 bits per heavy atom. The molecule has 0 amide bonds. The summed E-state index contributed by atoms with van der Waals surface area (Å²) in [6, 6.07) is 39.1. The molecule has 2 heteroatoms. The number of hydrogen-bond acceptors (Lipinski definition) is 0. The average Bonchev–Trinajstić information content (AvgIpc) is 3.12. The molecule has 0 N–H and O–H groups in total. The minimum atomic E-state index is 0.756. The third-order valence-corrected chi connectivity index (χ3v) is 6.87. The van der Waals surface area contributed by atoms with Crippen LogP contribution in [-0.4, -0.2) is 4.57 Å². The maximum Gasteiger partial charge on any atom is 0.0619 e. The molecule has 0 fully saturated rings. The molecule has 6 aromatic rings. The Hall–Kier alpha value is -3.81. The van der Waals surface area contributed by atoms with Gasteiger partial charge in [-0.2, -0.15) is 0 Å². The van der Waals surface area contributed by atoms with Gasteiger partial charge in [-0.05, 0) is 52.6 Å². The Bertz CT molecular complexity index is 1670. The lowest BCUT2D eigenvalue weighted by atomic mass is 9.90. The quantitative estimate of drug-likeness (QED) is 0.247. The third kappa shape index (κ3) is 2.40. The zero-order valence-corrected chi connectivity index (χ0v) is 18.0. The summed E-state index contributed by atoms with van der Waals surface area (Å²) in [5.41, 5.74) is 11.1. The predicted molar refractivity (Wildman–Crippen MR) is 136 cm³/mol. The summed E-state index contributed by atoms with van der Waals surface area (Å²) in [5.74, 6) is 0. The number of aromatic nitrogens is 1. The second kappa shape index (κ2) is 6.59. The van der Waals surface area contributed by atoms with Gasteiger partial charge in [0.25, 0.3) is 0 Å². The number of nitrogens with zero attached hydrogens (tertiary/aromatic N) is 1. The number of benzene rings is 5. The van der Waals surface area contributed by atoms with Gasteiger partial charge in [-0.25, -0.2) is 0 Å². The van der Waals surface area contributed by atoms with E-state index in [2.05, 4.69) is 102 Å². The molecule has 0 spiro atoms. The smallest absolute Gasteiger partial charge is 0.0619 e. The van der Waals surface area contributed by atoms with Crippen LogP contribution in [0.3, 0.4) is 0 Å². The minimum absolute atomic E-state index is 0.756. The maximum absolute atomic E-state index is 6.14. The van der Waals surface area contributed by atoms with Gasteiger partial charge in [-0.3, -0.25) is 0 Å². The molecular weight excluding hydrogens is 410 g/mol. The molecule has 0 saturated carbocycles. The molecule has 0 radical (unpaired) electrons. The summed E-state index contributed by atoms with van der Waals surface area (Å²) in [7, 11) is 0. The van der Waals surface area contributed by atoms with E-state index in [0.29, 0.717) is 0 Å². The monoisotopic (exact) mass is 427 g/mol. The van der Waals surface area contributed by atoms with Crippen LogP contribution in [0.2, 0.25) is 5.02 Å². The van der Waals surface area contributed by atoms with Gasteiger partial charge in [0.15, 0.2) is 0 Å². The van der Waals surface area contributed by atoms with Crippen LogP contribution in [0.25, 0.3) is 60.9 Å². The van der Waals surface area contributed by atoms with Crippen LogP contribution >= 0.6 is 11.6 Å². The number of rotatable bonds is 1. The first-order chi connectivity index (χ1) is 15.8. The number of halogens is 1. The Morgan fingerprint density at radius 1 is 0.500 bits per heavy atom. The van der Waals surface area contributed by atoms with Crippen molar-refractivity contribution in [3.05, 3.63) is 114 Å². The SMILES string of the molecule is Clc1ccc(-c2ccc3c(c2)-c2cccc4c5ccccc5n(c24)-c2ccccc2-3)cc1. The molecule has 7 rings (SSSR count). The summed E-state index contributed by atoms with van der Waals surface area (Å²) in [6.45, 7) is 0. The highest BCUT2D eigenvalue weighted by Crippen LogP contribution is 2.47. The van der Waals surface area contributed by atoms with Crippen LogP contribution in [0.1, 0.15) is 0 Å². The van der Waals surface area contributed by atoms with Crippen molar-refractivity contribution in [2.75, 3.05) is 0 Å². The Kier molecular flexibility index (Phi) is 3.67. The first-order valence-electron chi connectivity index (χ1n) is 10.8. The van der Waals surface area contributed by atoms with Crippen LogP contribution in [0.15, 0.2) is 109 Å². The third-order valence-electron chi connectivity index (χ3n) is 6.62. The van der Waals surface area contributed by atoms with Crippen molar-refractivity contribution in [3.63, 3.8) is 0 Å². The van der Waals surface area contributed by atoms with Gasteiger partial charge in [-0.15, -0.1) is 0 Å². The molecule has 0 atom stereocenters. The molecular formula is C30H18ClN. The molecule has 1 aromatic heterocycles. The molecule has 1 aliphatic rings. The largest absolute Gasteiger partial charge is 0.308 e. The fraction of sp³-hybridized carbons (Fsp3) is 0. The van der Waals surface area contributed by atoms with Crippen molar-refractivity contribution in [2.45, 2.75) is 0 Å².